The number of amides is 1. The van der Waals surface area contributed by atoms with Crippen molar-refractivity contribution < 1.29 is 19.8 Å². The van der Waals surface area contributed by atoms with Gasteiger partial charge in [0.15, 0.2) is 5.69 Å². The molecule has 0 bridgehead atoms. The molecule has 2 saturated heterocycles. The first-order chi connectivity index (χ1) is 9.56. The Hall–Kier alpha value is -2.00. The van der Waals surface area contributed by atoms with Gasteiger partial charge in [-0.05, 0) is 0 Å². The lowest BCUT2D eigenvalue weighted by Crippen LogP contribution is -2.43. The number of carboxylic acid groups (broad SMARTS) is 1. The number of carboxylic acids is 1. The fraction of sp³-hybridized carbons (Fsp3) is 0.636. The number of hydrogen-bond acceptors (Lipinski definition) is 6. The van der Waals surface area contributed by atoms with Crippen molar-refractivity contribution in [3.05, 3.63) is 11.9 Å². The summed E-state index contributed by atoms with van der Waals surface area (Å²) < 4.78 is 1.60. The van der Waals surface area contributed by atoms with Crippen LogP contribution in [0.15, 0.2) is 6.20 Å². The van der Waals surface area contributed by atoms with Crippen LogP contribution in [0.4, 0.5) is 0 Å². The molecule has 3 N–H and O–H groups in total. The maximum absolute atomic E-state index is 12.3. The van der Waals surface area contributed by atoms with E-state index in [0.29, 0.717) is 0 Å². The molecule has 3 heterocycles. The van der Waals surface area contributed by atoms with Crippen molar-refractivity contribution in [2.75, 3.05) is 19.6 Å². The summed E-state index contributed by atoms with van der Waals surface area (Å²) in [5.74, 6) is -1.63. The molecule has 108 valence electrons. The molecule has 0 spiro atoms. The van der Waals surface area contributed by atoms with Crippen molar-refractivity contribution in [2.45, 2.75) is 24.6 Å². The molecule has 9 nitrogen and oxygen atoms in total. The quantitative estimate of drug-likeness (QED) is 0.590. The van der Waals surface area contributed by atoms with Gasteiger partial charge in [0.05, 0.1) is 18.3 Å². The molecule has 0 unspecified atom stereocenters. The SMILES string of the molecule is O=C(O)[C@@H]1C[C@@H](O)CN1C(=O)c1cn(C2CNC2)nn1. The van der Waals surface area contributed by atoms with Gasteiger partial charge in [-0.25, -0.2) is 9.48 Å². The standard InChI is InChI=1S/C11H15N5O4/c17-7-1-9(11(19)20)15(4-7)10(18)8-5-16(14-13-8)6-2-12-3-6/h5-7,9,12,17H,1-4H2,(H,19,20)/t7-,9+/m1/s1. The predicted octanol–water partition coefficient (Wildman–Crippen LogP) is -1.92. The van der Waals surface area contributed by atoms with Crippen LogP contribution in [0, 0.1) is 0 Å². The molecular weight excluding hydrogens is 266 g/mol. The number of nitrogens with one attached hydrogen (secondary N) is 1. The highest BCUT2D eigenvalue weighted by atomic mass is 16.4. The second kappa shape index (κ2) is 4.84. The minimum Gasteiger partial charge on any atom is -0.480 e. The van der Waals surface area contributed by atoms with Gasteiger partial charge in [-0.2, -0.15) is 0 Å². The summed E-state index contributed by atoms with van der Waals surface area (Å²) in [4.78, 5) is 24.5. The molecule has 9 heteroatoms. The van der Waals surface area contributed by atoms with E-state index in [2.05, 4.69) is 15.6 Å². The molecule has 0 radical (unpaired) electrons. The highest BCUT2D eigenvalue weighted by Gasteiger charge is 2.40. The average molecular weight is 281 g/mol. The van der Waals surface area contributed by atoms with Crippen LogP contribution in [-0.4, -0.2) is 73.8 Å². The molecule has 1 aromatic heterocycles. The van der Waals surface area contributed by atoms with E-state index >= 15 is 0 Å². The summed E-state index contributed by atoms with van der Waals surface area (Å²) in [6.45, 7) is 1.56. The number of aliphatic hydroxyl groups is 1. The zero-order valence-corrected chi connectivity index (χ0v) is 10.6. The molecule has 1 aromatic rings. The first-order valence-corrected chi connectivity index (χ1v) is 6.40. The number of carbonyl (C=O) groups excluding carboxylic acids is 1. The fourth-order valence-electron chi connectivity index (χ4n) is 2.43. The van der Waals surface area contributed by atoms with E-state index in [4.69, 9.17) is 5.11 Å². The van der Waals surface area contributed by atoms with Crippen LogP contribution >= 0.6 is 0 Å². The molecule has 20 heavy (non-hydrogen) atoms. The third kappa shape index (κ3) is 2.14. The first kappa shape index (κ1) is 13.0. The molecule has 2 aliphatic heterocycles. The van der Waals surface area contributed by atoms with E-state index in [1.54, 1.807) is 4.68 Å². The van der Waals surface area contributed by atoms with Crippen LogP contribution in [0.1, 0.15) is 23.0 Å². The molecule has 2 atom stereocenters. The van der Waals surface area contributed by atoms with Gasteiger partial charge >= 0.3 is 5.97 Å². The lowest BCUT2D eigenvalue weighted by Gasteiger charge is -2.26. The monoisotopic (exact) mass is 281 g/mol. The normalized spacial score (nSPS) is 26.6. The number of aliphatic carboxylic acids is 1. The lowest BCUT2D eigenvalue weighted by molar-refractivity contribution is -0.141. The number of rotatable bonds is 3. The second-order valence-corrected chi connectivity index (χ2v) is 5.10. The van der Waals surface area contributed by atoms with Gasteiger partial charge in [0.25, 0.3) is 5.91 Å². The van der Waals surface area contributed by atoms with Crippen LogP contribution in [0.2, 0.25) is 0 Å². The summed E-state index contributed by atoms with van der Waals surface area (Å²) in [5, 5.41) is 29.4. The largest absolute Gasteiger partial charge is 0.480 e. The Labute approximate surface area is 114 Å². The molecule has 0 aliphatic carbocycles. The molecular formula is C11H15N5O4. The van der Waals surface area contributed by atoms with Crippen molar-refractivity contribution in [1.29, 1.82) is 0 Å². The number of carbonyl (C=O) groups is 2. The van der Waals surface area contributed by atoms with E-state index in [-0.39, 0.29) is 24.7 Å². The van der Waals surface area contributed by atoms with E-state index < -0.39 is 24.0 Å². The van der Waals surface area contributed by atoms with Crippen LogP contribution in [0.5, 0.6) is 0 Å². The smallest absolute Gasteiger partial charge is 0.326 e. The van der Waals surface area contributed by atoms with E-state index in [9.17, 15) is 14.7 Å². The summed E-state index contributed by atoms with van der Waals surface area (Å²) in [5.41, 5.74) is 0.109. The third-order valence-corrected chi connectivity index (χ3v) is 3.69. The molecule has 2 aliphatic rings. The van der Waals surface area contributed by atoms with Crippen LogP contribution in [-0.2, 0) is 4.79 Å². The number of nitrogens with zero attached hydrogens (tertiary/aromatic N) is 4. The number of likely N-dealkylation sites (tertiary alicyclic amines) is 1. The van der Waals surface area contributed by atoms with Gasteiger partial charge in [0, 0.05) is 26.1 Å². The van der Waals surface area contributed by atoms with Gasteiger partial charge < -0.3 is 20.4 Å². The van der Waals surface area contributed by atoms with Gasteiger partial charge in [-0.3, -0.25) is 4.79 Å². The Morgan fingerprint density at radius 3 is 2.75 bits per heavy atom. The lowest BCUT2D eigenvalue weighted by atomic mass is 10.2. The van der Waals surface area contributed by atoms with Crippen molar-refractivity contribution in [1.82, 2.24) is 25.2 Å². The maximum Gasteiger partial charge on any atom is 0.326 e. The Kier molecular flexibility index (Phi) is 3.14. The van der Waals surface area contributed by atoms with E-state index in [1.807, 2.05) is 0 Å². The maximum atomic E-state index is 12.3. The van der Waals surface area contributed by atoms with E-state index in [0.717, 1.165) is 18.0 Å². The Bertz CT molecular complexity index is 541. The van der Waals surface area contributed by atoms with Crippen molar-refractivity contribution in [2.24, 2.45) is 0 Å². The summed E-state index contributed by atoms with van der Waals surface area (Å²) in [6, 6.07) is -0.823. The third-order valence-electron chi connectivity index (χ3n) is 3.69. The molecule has 0 aromatic carbocycles. The minimum absolute atomic E-state index is 0.00758. The van der Waals surface area contributed by atoms with Gasteiger partial charge in [0.2, 0.25) is 0 Å². The van der Waals surface area contributed by atoms with E-state index in [1.165, 1.54) is 6.20 Å². The molecule has 3 rings (SSSR count). The van der Waals surface area contributed by atoms with Crippen molar-refractivity contribution in [3.63, 3.8) is 0 Å². The molecule has 2 fully saturated rings. The zero-order chi connectivity index (χ0) is 14.3. The highest BCUT2D eigenvalue weighted by molar-refractivity contribution is 5.95. The summed E-state index contributed by atoms with van der Waals surface area (Å²) in [6.07, 6.45) is 0.755. The van der Waals surface area contributed by atoms with Crippen LogP contribution < -0.4 is 5.32 Å². The predicted molar refractivity (Wildman–Crippen MR) is 65.0 cm³/mol. The van der Waals surface area contributed by atoms with Crippen LogP contribution in [0.3, 0.4) is 0 Å². The Morgan fingerprint density at radius 1 is 1.40 bits per heavy atom. The summed E-state index contributed by atoms with van der Waals surface area (Å²) >= 11 is 0. The fourth-order valence-corrected chi connectivity index (χ4v) is 2.43. The topological polar surface area (TPSA) is 121 Å². The van der Waals surface area contributed by atoms with Crippen LogP contribution in [0.25, 0.3) is 0 Å². The first-order valence-electron chi connectivity index (χ1n) is 6.40. The Balaban J connectivity index is 1.77. The highest BCUT2D eigenvalue weighted by Crippen LogP contribution is 2.20. The van der Waals surface area contributed by atoms with Gasteiger partial charge in [-0.1, -0.05) is 5.21 Å². The van der Waals surface area contributed by atoms with Crippen molar-refractivity contribution >= 4 is 11.9 Å². The van der Waals surface area contributed by atoms with Gasteiger partial charge in [0.1, 0.15) is 6.04 Å². The average Bonchev–Trinajstić information content (AvgIpc) is 2.93. The Morgan fingerprint density at radius 2 is 2.15 bits per heavy atom. The number of aliphatic hydroxyl groups excluding tert-OH is 1. The minimum atomic E-state index is -1.12. The number of hydrogen-bond donors (Lipinski definition) is 3. The molecule has 0 saturated carbocycles. The zero-order valence-electron chi connectivity index (χ0n) is 10.6. The van der Waals surface area contributed by atoms with Gasteiger partial charge in [-0.15, -0.1) is 5.10 Å². The number of aromatic nitrogens is 3. The van der Waals surface area contributed by atoms with Crippen molar-refractivity contribution in [3.8, 4) is 0 Å². The molecule has 1 amide bonds. The number of β-amino-alcohol motifs (C(OH)–C–C–N with tert-alkyl or cyclic N) is 1. The summed E-state index contributed by atoms with van der Waals surface area (Å²) in [7, 11) is 0. The second-order valence-electron chi connectivity index (χ2n) is 5.10.